The fourth-order valence-electron chi connectivity index (χ4n) is 1.58. The fourth-order valence-corrected chi connectivity index (χ4v) is 1.78. The summed E-state index contributed by atoms with van der Waals surface area (Å²) in [6.07, 6.45) is 1.69. The Morgan fingerprint density at radius 3 is 2.62 bits per heavy atom. The van der Waals surface area contributed by atoms with Gasteiger partial charge in [-0.15, -0.1) is 4.43 Å². The van der Waals surface area contributed by atoms with Crippen molar-refractivity contribution in [3.05, 3.63) is 42.6 Å². The molecule has 1 aliphatic heterocycles. The minimum Gasteiger partial charge on any atom is -0.518 e. The van der Waals surface area contributed by atoms with Gasteiger partial charge < -0.3 is 9.31 Å². The molecule has 2 radical (unpaired) electrons. The molecule has 0 spiro atoms. The predicted octanol–water partition coefficient (Wildman–Crippen LogP) is 0.0420. The lowest BCUT2D eigenvalue weighted by atomic mass is 9.79. The van der Waals surface area contributed by atoms with E-state index in [1.165, 1.54) is 0 Å². The molecule has 0 aliphatic carbocycles. The standard InChI is InChI=1S/C11H7BNO2.Al/c1-2-5-9(6-3-1)12-14-10-7-4-8-13-11(10)15-12;/h2-8H;. The van der Waals surface area contributed by atoms with E-state index in [0.717, 1.165) is 9.89 Å². The van der Waals surface area contributed by atoms with Crippen LogP contribution in [0.25, 0.3) is 0 Å². The van der Waals surface area contributed by atoms with Gasteiger partial charge >= 0.3 is 7.12 Å². The van der Waals surface area contributed by atoms with Gasteiger partial charge in [-0.25, -0.2) is 4.98 Å². The molecule has 2 aromatic rings. The van der Waals surface area contributed by atoms with Crippen molar-refractivity contribution >= 4 is 33.3 Å². The van der Waals surface area contributed by atoms with Gasteiger partial charge in [0, 0.05) is 11.7 Å². The Morgan fingerprint density at radius 1 is 1.06 bits per heavy atom. The molecule has 0 atom stereocenters. The molecule has 1 aliphatic rings. The third kappa shape index (κ3) is 1.69. The lowest BCUT2D eigenvalue weighted by Crippen LogP contribution is -2.39. The van der Waals surface area contributed by atoms with Gasteiger partial charge in [0.15, 0.2) is 22.0 Å². The molecule has 0 N–H and O–H groups in total. The number of fused-ring (bicyclic) bond motifs is 1. The van der Waals surface area contributed by atoms with Crippen molar-refractivity contribution in [1.29, 1.82) is 0 Å². The average molecular weight is 223 g/mol. The summed E-state index contributed by atoms with van der Waals surface area (Å²) in [4.78, 5) is 4.10. The second-order valence-electron chi connectivity index (χ2n) is 3.54. The van der Waals surface area contributed by atoms with Crippen molar-refractivity contribution in [2.24, 2.45) is 0 Å². The third-order valence-electron chi connectivity index (χ3n) is 2.40. The van der Waals surface area contributed by atoms with Crippen LogP contribution in [0.15, 0.2) is 42.6 Å². The fraction of sp³-hybridized carbons (Fsp3) is 0. The van der Waals surface area contributed by atoms with Gasteiger partial charge in [-0.2, -0.15) is 0 Å². The lowest BCUT2D eigenvalue weighted by Gasteiger charge is -2.04. The maximum atomic E-state index is 5.64. The highest BCUT2D eigenvalue weighted by atomic mass is 27.0. The number of pyridine rings is 1. The van der Waals surface area contributed by atoms with Crippen LogP contribution >= 0.6 is 0 Å². The summed E-state index contributed by atoms with van der Waals surface area (Å²) in [7, 11) is -0.379. The van der Waals surface area contributed by atoms with E-state index in [4.69, 9.17) is 9.31 Å². The van der Waals surface area contributed by atoms with E-state index in [0.29, 0.717) is 11.6 Å². The van der Waals surface area contributed by atoms with Gasteiger partial charge in [0.1, 0.15) is 0 Å². The van der Waals surface area contributed by atoms with Crippen LogP contribution in [0.1, 0.15) is 0 Å². The summed E-state index contributed by atoms with van der Waals surface area (Å²) in [5, 5.41) is 0. The van der Waals surface area contributed by atoms with Gasteiger partial charge in [0.25, 0.3) is 0 Å². The van der Waals surface area contributed by atoms with Crippen LogP contribution in [0.4, 0.5) is 0 Å². The van der Waals surface area contributed by atoms with E-state index in [-0.39, 0.29) is 7.12 Å². The molecule has 1 aromatic carbocycles. The summed E-state index contributed by atoms with van der Waals surface area (Å²) >= 11 is 2.65. The zero-order valence-electron chi connectivity index (χ0n) is 8.46. The summed E-state index contributed by atoms with van der Waals surface area (Å²) in [6, 6.07) is 11.7. The Bertz CT molecular complexity index is 493. The quantitative estimate of drug-likeness (QED) is 0.639. The first-order chi connectivity index (χ1) is 7.83. The number of hydrogen-bond acceptors (Lipinski definition) is 3. The SMILES string of the molecule is [Al][c]1ccc(B2Oc3cccnc3O2)cc1. The molecule has 3 rings (SSSR count). The molecule has 5 heteroatoms. The van der Waals surface area contributed by atoms with E-state index in [2.05, 4.69) is 21.3 Å². The van der Waals surface area contributed by atoms with E-state index in [1.807, 2.05) is 36.4 Å². The highest BCUT2D eigenvalue weighted by molar-refractivity contribution is 6.63. The molecule has 0 saturated carbocycles. The highest BCUT2D eigenvalue weighted by Gasteiger charge is 2.34. The minimum absolute atomic E-state index is 0.379. The molecular weight excluding hydrogens is 216 g/mol. The zero-order chi connectivity index (χ0) is 11.0. The largest absolute Gasteiger partial charge is 0.633 e. The van der Waals surface area contributed by atoms with Gasteiger partial charge in [-0.1, -0.05) is 24.3 Å². The van der Waals surface area contributed by atoms with Crippen molar-refractivity contribution in [2.45, 2.75) is 0 Å². The Hall–Kier alpha value is -1.43. The molecule has 16 heavy (non-hydrogen) atoms. The summed E-state index contributed by atoms with van der Waals surface area (Å²) in [5.41, 5.74) is 0.990. The average Bonchev–Trinajstić information content (AvgIpc) is 2.73. The van der Waals surface area contributed by atoms with Crippen molar-refractivity contribution in [1.82, 2.24) is 4.98 Å². The Kier molecular flexibility index (Phi) is 2.36. The summed E-state index contributed by atoms with van der Waals surface area (Å²) in [6.45, 7) is 0. The number of benzene rings is 1. The molecule has 0 fully saturated rings. The molecule has 2 heterocycles. The van der Waals surface area contributed by atoms with Crippen LogP contribution < -0.4 is 19.2 Å². The Morgan fingerprint density at radius 2 is 1.88 bits per heavy atom. The molecule has 74 valence electrons. The molecule has 0 amide bonds. The summed E-state index contributed by atoms with van der Waals surface area (Å²) < 4.78 is 12.4. The third-order valence-corrected chi connectivity index (χ3v) is 2.78. The highest BCUT2D eigenvalue weighted by Crippen LogP contribution is 2.29. The lowest BCUT2D eigenvalue weighted by molar-refractivity contribution is 0.512. The molecule has 0 unspecified atom stereocenters. The summed E-state index contributed by atoms with van der Waals surface area (Å²) in [5.74, 6) is 1.25. The van der Waals surface area contributed by atoms with Gasteiger partial charge in [0.2, 0.25) is 5.88 Å². The number of hydrogen-bond donors (Lipinski definition) is 0. The van der Waals surface area contributed by atoms with E-state index < -0.39 is 0 Å². The van der Waals surface area contributed by atoms with E-state index in [1.54, 1.807) is 6.20 Å². The van der Waals surface area contributed by atoms with Crippen LogP contribution in [-0.4, -0.2) is 28.4 Å². The van der Waals surface area contributed by atoms with E-state index in [9.17, 15) is 0 Å². The van der Waals surface area contributed by atoms with Crippen molar-refractivity contribution in [3.8, 4) is 11.6 Å². The molecular formula is C11H7AlBNO2. The number of rotatable bonds is 1. The Labute approximate surface area is 102 Å². The molecule has 3 nitrogen and oxygen atoms in total. The maximum absolute atomic E-state index is 5.64. The van der Waals surface area contributed by atoms with Crippen LogP contribution in [0, 0.1) is 0 Å². The molecule has 0 saturated heterocycles. The second kappa shape index (κ2) is 3.86. The number of nitrogens with zero attached hydrogens (tertiary/aromatic N) is 1. The van der Waals surface area contributed by atoms with Crippen molar-refractivity contribution in [3.63, 3.8) is 0 Å². The van der Waals surface area contributed by atoms with E-state index >= 15 is 0 Å². The van der Waals surface area contributed by atoms with Crippen molar-refractivity contribution < 1.29 is 9.31 Å². The van der Waals surface area contributed by atoms with Crippen LogP contribution in [0.2, 0.25) is 0 Å². The first-order valence-corrected chi connectivity index (χ1v) is 5.54. The smallest absolute Gasteiger partial charge is 0.518 e. The van der Waals surface area contributed by atoms with Crippen molar-refractivity contribution in [2.75, 3.05) is 0 Å². The molecule has 1 aromatic heterocycles. The zero-order valence-corrected chi connectivity index (χ0v) is 9.61. The van der Waals surface area contributed by atoms with Gasteiger partial charge in [-0.3, -0.25) is 0 Å². The van der Waals surface area contributed by atoms with Crippen LogP contribution in [-0.2, 0) is 0 Å². The second-order valence-corrected chi connectivity index (χ2v) is 4.21. The topological polar surface area (TPSA) is 31.4 Å². The first-order valence-electron chi connectivity index (χ1n) is 4.97. The monoisotopic (exact) mass is 223 g/mol. The van der Waals surface area contributed by atoms with Gasteiger partial charge in [0.05, 0.1) is 0 Å². The minimum atomic E-state index is -0.379. The normalized spacial score (nSPS) is 12.9. The number of aromatic nitrogens is 1. The first kappa shape index (κ1) is 9.77. The Balaban J connectivity index is 1.88. The van der Waals surface area contributed by atoms with Crippen LogP contribution in [0.5, 0.6) is 11.6 Å². The maximum Gasteiger partial charge on any atom is 0.633 e. The van der Waals surface area contributed by atoms with Crippen LogP contribution in [0.3, 0.4) is 0 Å². The predicted molar refractivity (Wildman–Crippen MR) is 62.7 cm³/mol. The molecule has 0 bridgehead atoms. The van der Waals surface area contributed by atoms with Gasteiger partial charge in [-0.05, 0) is 12.1 Å².